The molecule has 1 aromatic rings. The smallest absolute Gasteiger partial charge is 0.259 e. The molecule has 17 heavy (non-hydrogen) atoms. The zero-order valence-corrected chi connectivity index (χ0v) is 10.4. The predicted octanol–water partition coefficient (Wildman–Crippen LogP) is 1.90. The van der Waals surface area contributed by atoms with Crippen molar-refractivity contribution in [2.24, 2.45) is 0 Å². The van der Waals surface area contributed by atoms with Gasteiger partial charge in [0, 0.05) is 0 Å². The zero-order chi connectivity index (χ0) is 12.5. The van der Waals surface area contributed by atoms with E-state index in [1.54, 1.807) is 24.1 Å². The summed E-state index contributed by atoms with van der Waals surface area (Å²) in [6.07, 6.45) is 0. The fraction of sp³-hybridized carbons (Fsp3) is 0.462. The lowest BCUT2D eigenvalue weighted by atomic mass is 10.0. The summed E-state index contributed by atoms with van der Waals surface area (Å²) in [4.78, 5) is 14.1. The molecule has 0 bridgehead atoms. The van der Waals surface area contributed by atoms with E-state index < -0.39 is 0 Å². The number of hydrogen-bond donors (Lipinski definition) is 0. The Kier molecular flexibility index (Phi) is 3.07. The molecule has 0 radical (unpaired) electrons. The largest absolute Gasteiger partial charge is 0.496 e. The maximum Gasteiger partial charge on any atom is 0.259 e. The Balaban J connectivity index is 2.31. The van der Waals surface area contributed by atoms with Crippen LogP contribution in [-0.2, 0) is 4.74 Å². The van der Waals surface area contributed by atoms with Crippen LogP contribution in [0.4, 0.5) is 0 Å². The third-order valence-electron chi connectivity index (χ3n) is 2.99. The second kappa shape index (κ2) is 4.37. The van der Waals surface area contributed by atoms with Crippen LogP contribution < -0.4 is 4.74 Å². The van der Waals surface area contributed by atoms with Gasteiger partial charge in [-0.15, -0.1) is 0 Å². The van der Waals surface area contributed by atoms with Crippen molar-refractivity contribution in [1.29, 1.82) is 0 Å². The molecule has 0 saturated carbocycles. The first-order valence-corrected chi connectivity index (χ1v) is 5.59. The van der Waals surface area contributed by atoms with E-state index in [2.05, 4.69) is 0 Å². The van der Waals surface area contributed by atoms with Crippen LogP contribution >= 0.6 is 0 Å². The minimum absolute atomic E-state index is 0.0510. The van der Waals surface area contributed by atoms with Gasteiger partial charge in [-0.05, 0) is 26.0 Å². The zero-order valence-electron chi connectivity index (χ0n) is 10.4. The summed E-state index contributed by atoms with van der Waals surface area (Å²) in [6.45, 7) is 4.89. The Morgan fingerprint density at radius 1 is 1.41 bits per heavy atom. The van der Waals surface area contributed by atoms with Gasteiger partial charge in [-0.25, -0.2) is 0 Å². The second-order valence-corrected chi connectivity index (χ2v) is 4.72. The van der Waals surface area contributed by atoms with Crippen molar-refractivity contribution in [1.82, 2.24) is 4.90 Å². The van der Waals surface area contributed by atoms with Crippen LogP contribution in [0.1, 0.15) is 24.2 Å². The van der Waals surface area contributed by atoms with Crippen molar-refractivity contribution < 1.29 is 14.3 Å². The Morgan fingerprint density at radius 3 is 2.71 bits per heavy atom. The molecule has 1 aliphatic heterocycles. The summed E-state index contributed by atoms with van der Waals surface area (Å²) >= 11 is 0. The molecule has 1 aromatic carbocycles. The van der Waals surface area contributed by atoms with Gasteiger partial charge in [0.25, 0.3) is 5.91 Å². The molecule has 0 aliphatic carbocycles. The van der Waals surface area contributed by atoms with E-state index in [9.17, 15) is 4.79 Å². The minimum Gasteiger partial charge on any atom is -0.496 e. The molecular weight excluding hydrogens is 218 g/mol. The Bertz CT molecular complexity index is 428. The number of hydrogen-bond acceptors (Lipinski definition) is 3. The number of ether oxygens (including phenoxy) is 2. The van der Waals surface area contributed by atoms with Crippen molar-refractivity contribution in [3.63, 3.8) is 0 Å². The number of methoxy groups -OCH3 is 1. The molecule has 0 unspecified atom stereocenters. The van der Waals surface area contributed by atoms with Gasteiger partial charge in [0.05, 0.1) is 24.8 Å². The summed E-state index contributed by atoms with van der Waals surface area (Å²) in [5, 5.41) is 0. The molecule has 0 aromatic heterocycles. The molecule has 2 rings (SSSR count). The van der Waals surface area contributed by atoms with Crippen LogP contribution in [-0.4, -0.2) is 36.8 Å². The summed E-state index contributed by atoms with van der Waals surface area (Å²) in [5.74, 6) is 0.546. The van der Waals surface area contributed by atoms with Crippen LogP contribution in [0.3, 0.4) is 0 Å². The fourth-order valence-electron chi connectivity index (χ4n) is 1.94. The number of carbonyl (C=O) groups is 1. The number of carbonyl (C=O) groups excluding carboxylic acids is 1. The first-order chi connectivity index (χ1) is 8.06. The van der Waals surface area contributed by atoms with E-state index >= 15 is 0 Å². The monoisotopic (exact) mass is 235 g/mol. The summed E-state index contributed by atoms with van der Waals surface area (Å²) in [5.41, 5.74) is 0.311. The molecule has 0 N–H and O–H groups in total. The van der Waals surface area contributed by atoms with E-state index in [1.807, 2.05) is 26.0 Å². The highest BCUT2D eigenvalue weighted by Crippen LogP contribution is 2.27. The highest BCUT2D eigenvalue weighted by Gasteiger charge is 2.37. The number of rotatable bonds is 2. The van der Waals surface area contributed by atoms with Crippen LogP contribution in [0.2, 0.25) is 0 Å². The van der Waals surface area contributed by atoms with Crippen LogP contribution in [0.15, 0.2) is 24.3 Å². The maximum atomic E-state index is 12.4. The number of nitrogens with zero attached hydrogens (tertiary/aromatic N) is 1. The topological polar surface area (TPSA) is 38.8 Å². The molecule has 4 nitrogen and oxygen atoms in total. The average Bonchev–Trinajstić information content (AvgIpc) is 2.68. The lowest BCUT2D eigenvalue weighted by Gasteiger charge is -2.29. The normalized spacial score (nSPS) is 18.2. The van der Waals surface area contributed by atoms with Crippen molar-refractivity contribution in [2.45, 2.75) is 19.4 Å². The van der Waals surface area contributed by atoms with Crippen LogP contribution in [0, 0.1) is 0 Å². The average molecular weight is 235 g/mol. The minimum atomic E-state index is -0.266. The molecule has 92 valence electrons. The van der Waals surface area contributed by atoms with E-state index in [4.69, 9.17) is 9.47 Å². The third-order valence-corrected chi connectivity index (χ3v) is 2.99. The summed E-state index contributed by atoms with van der Waals surface area (Å²) in [7, 11) is 1.57. The van der Waals surface area contributed by atoms with Gasteiger partial charge in [0.2, 0.25) is 0 Å². The van der Waals surface area contributed by atoms with E-state index in [-0.39, 0.29) is 11.4 Å². The Labute approximate surface area is 101 Å². The predicted molar refractivity (Wildman–Crippen MR) is 64.1 cm³/mol. The molecule has 1 amide bonds. The van der Waals surface area contributed by atoms with Crippen molar-refractivity contribution in [3.8, 4) is 5.75 Å². The molecule has 1 aliphatic rings. The van der Waals surface area contributed by atoms with E-state index in [1.165, 1.54) is 0 Å². The lowest BCUT2D eigenvalue weighted by Crippen LogP contribution is -2.44. The molecule has 1 heterocycles. The number of amides is 1. The molecule has 1 saturated heterocycles. The van der Waals surface area contributed by atoms with Gasteiger partial charge >= 0.3 is 0 Å². The van der Waals surface area contributed by atoms with Crippen LogP contribution in [0.25, 0.3) is 0 Å². The molecule has 0 spiro atoms. The van der Waals surface area contributed by atoms with Gasteiger partial charge < -0.3 is 14.4 Å². The standard InChI is InChI=1S/C13H17NO3/c1-13(2)8-17-9-14(13)12(15)10-6-4-5-7-11(10)16-3/h4-7H,8-9H2,1-3H3. The SMILES string of the molecule is COc1ccccc1C(=O)N1COCC1(C)C. The van der Waals surface area contributed by atoms with Crippen molar-refractivity contribution >= 4 is 5.91 Å². The van der Waals surface area contributed by atoms with E-state index in [0.29, 0.717) is 24.7 Å². The van der Waals surface area contributed by atoms with Crippen molar-refractivity contribution in [2.75, 3.05) is 20.4 Å². The van der Waals surface area contributed by atoms with Gasteiger partial charge in [0.1, 0.15) is 12.5 Å². The molecular formula is C13H17NO3. The first kappa shape index (κ1) is 11.9. The molecule has 4 heteroatoms. The van der Waals surface area contributed by atoms with Gasteiger partial charge in [0.15, 0.2) is 0 Å². The van der Waals surface area contributed by atoms with Gasteiger partial charge in [-0.1, -0.05) is 12.1 Å². The third kappa shape index (κ3) is 2.13. The number of para-hydroxylation sites is 1. The van der Waals surface area contributed by atoms with Crippen LogP contribution in [0.5, 0.6) is 5.75 Å². The molecule has 0 atom stereocenters. The number of benzene rings is 1. The summed E-state index contributed by atoms with van der Waals surface area (Å²) < 4.78 is 10.6. The van der Waals surface area contributed by atoms with Crippen molar-refractivity contribution in [3.05, 3.63) is 29.8 Å². The highest BCUT2D eigenvalue weighted by molar-refractivity contribution is 5.97. The lowest BCUT2D eigenvalue weighted by molar-refractivity contribution is 0.0602. The maximum absolute atomic E-state index is 12.4. The van der Waals surface area contributed by atoms with E-state index in [0.717, 1.165) is 0 Å². The molecule has 1 fully saturated rings. The first-order valence-electron chi connectivity index (χ1n) is 5.59. The van der Waals surface area contributed by atoms with Gasteiger partial charge in [-0.3, -0.25) is 4.79 Å². The fourth-order valence-corrected chi connectivity index (χ4v) is 1.94. The summed E-state index contributed by atoms with van der Waals surface area (Å²) in [6, 6.07) is 7.24. The second-order valence-electron chi connectivity index (χ2n) is 4.72. The highest BCUT2D eigenvalue weighted by atomic mass is 16.5. The Hall–Kier alpha value is -1.55. The Morgan fingerprint density at radius 2 is 2.12 bits per heavy atom. The van der Waals surface area contributed by atoms with Gasteiger partial charge in [-0.2, -0.15) is 0 Å². The quantitative estimate of drug-likeness (QED) is 0.786.